The molecule has 86 valence electrons. The lowest BCUT2D eigenvalue weighted by Crippen LogP contribution is -1.75. The van der Waals surface area contributed by atoms with Gasteiger partial charge in [-0.1, -0.05) is 18.2 Å². The summed E-state index contributed by atoms with van der Waals surface area (Å²) < 4.78 is 0. The van der Waals surface area contributed by atoms with Gasteiger partial charge in [-0.2, -0.15) is 0 Å². The molecule has 0 amide bonds. The summed E-state index contributed by atoms with van der Waals surface area (Å²) in [5.74, 6) is 0. The molecule has 0 atom stereocenters. The Morgan fingerprint density at radius 2 is 1.47 bits per heavy atom. The molecule has 0 saturated heterocycles. The maximum Gasteiger partial charge on any atom is 0.0661 e. The zero-order chi connectivity index (χ0) is 12.1. The Morgan fingerprint density at radius 3 is 2.00 bits per heavy atom. The van der Waals surface area contributed by atoms with E-state index < -0.39 is 0 Å². The van der Waals surface area contributed by atoms with Crippen LogP contribution in [0.3, 0.4) is 0 Å². The van der Waals surface area contributed by atoms with E-state index in [1.54, 1.807) is 0 Å². The number of rotatable bonds is 0. The number of aliphatic imine (C=N–C) groups is 1. The Bertz CT molecular complexity index is 259. The molecule has 0 radical (unpaired) electrons. The maximum atomic E-state index is 4.50. The van der Waals surface area contributed by atoms with E-state index in [1.165, 1.54) is 26.7 Å². The van der Waals surface area contributed by atoms with Crippen LogP contribution < -0.4 is 17.2 Å². The molecule has 1 aromatic carbocycles. The standard InChI is InChI=1S/C8H7N.3CH5N/c1-2-4-8-7(3-1)5-6-9-8;3*1-2/h1-4,6H,5H2;3*2H2,1H3. The summed E-state index contributed by atoms with van der Waals surface area (Å²) in [6, 6.07) is 8.22. The molecule has 15 heavy (non-hydrogen) atoms. The zero-order valence-corrected chi connectivity index (χ0v) is 9.77. The van der Waals surface area contributed by atoms with Crippen molar-refractivity contribution in [2.45, 2.75) is 6.42 Å². The number of para-hydroxylation sites is 1. The normalized spacial score (nSPS) is 9.47. The summed E-state index contributed by atoms with van der Waals surface area (Å²) in [5, 5.41) is 0. The summed E-state index contributed by atoms with van der Waals surface area (Å²) in [6.45, 7) is 0. The fraction of sp³-hybridized carbons (Fsp3) is 0.364. The van der Waals surface area contributed by atoms with Gasteiger partial charge in [-0.3, -0.25) is 4.99 Å². The lowest BCUT2D eigenvalue weighted by molar-refractivity contribution is 1.41. The van der Waals surface area contributed by atoms with Gasteiger partial charge < -0.3 is 17.2 Å². The van der Waals surface area contributed by atoms with Crippen LogP contribution in [0.2, 0.25) is 0 Å². The van der Waals surface area contributed by atoms with Crippen molar-refractivity contribution in [3.05, 3.63) is 29.8 Å². The van der Waals surface area contributed by atoms with Crippen molar-refractivity contribution in [2.75, 3.05) is 21.1 Å². The first-order valence-electron chi connectivity index (χ1n) is 4.80. The average Bonchev–Trinajstić information content (AvgIpc) is 2.85. The van der Waals surface area contributed by atoms with Gasteiger partial charge in [0.05, 0.1) is 5.69 Å². The molecule has 0 saturated carbocycles. The van der Waals surface area contributed by atoms with Gasteiger partial charge in [0, 0.05) is 12.6 Å². The third-order valence-electron chi connectivity index (χ3n) is 1.53. The molecule has 0 spiro atoms. The quantitative estimate of drug-likeness (QED) is 0.588. The summed E-state index contributed by atoms with van der Waals surface area (Å²) >= 11 is 0. The van der Waals surface area contributed by atoms with Crippen LogP contribution in [0.1, 0.15) is 5.56 Å². The van der Waals surface area contributed by atoms with E-state index in [0.29, 0.717) is 0 Å². The largest absolute Gasteiger partial charge is 0.333 e. The van der Waals surface area contributed by atoms with Crippen LogP contribution in [-0.4, -0.2) is 27.4 Å². The van der Waals surface area contributed by atoms with Crippen LogP contribution in [0.15, 0.2) is 29.3 Å². The highest BCUT2D eigenvalue weighted by atomic mass is 14.7. The molecule has 1 aliphatic rings. The summed E-state index contributed by atoms with van der Waals surface area (Å²) in [6.07, 6.45) is 2.96. The van der Waals surface area contributed by atoms with E-state index in [2.05, 4.69) is 28.3 Å². The van der Waals surface area contributed by atoms with Crippen molar-refractivity contribution in [2.24, 2.45) is 22.2 Å². The highest BCUT2D eigenvalue weighted by Gasteiger charge is 2.01. The first kappa shape index (κ1) is 16.2. The van der Waals surface area contributed by atoms with Crippen molar-refractivity contribution in [1.29, 1.82) is 0 Å². The molecule has 0 unspecified atom stereocenters. The van der Waals surface area contributed by atoms with Gasteiger partial charge in [-0.25, -0.2) is 0 Å². The molecule has 0 aliphatic carbocycles. The highest BCUT2D eigenvalue weighted by molar-refractivity contribution is 5.75. The van der Waals surface area contributed by atoms with Crippen LogP contribution >= 0.6 is 0 Å². The predicted molar refractivity (Wildman–Crippen MR) is 68.6 cm³/mol. The molecule has 4 nitrogen and oxygen atoms in total. The molecule has 0 fully saturated rings. The van der Waals surface area contributed by atoms with Gasteiger partial charge in [-0.05, 0) is 32.8 Å². The lowest BCUT2D eigenvalue weighted by atomic mass is 10.2. The molecule has 1 aromatic rings. The van der Waals surface area contributed by atoms with Gasteiger partial charge in [0.15, 0.2) is 0 Å². The van der Waals surface area contributed by atoms with E-state index in [9.17, 15) is 0 Å². The van der Waals surface area contributed by atoms with Crippen molar-refractivity contribution in [1.82, 2.24) is 0 Å². The molecule has 0 aromatic heterocycles. The van der Waals surface area contributed by atoms with Crippen LogP contribution in [0, 0.1) is 0 Å². The van der Waals surface area contributed by atoms with Gasteiger partial charge in [-0.15, -0.1) is 0 Å². The van der Waals surface area contributed by atoms with E-state index in [1.807, 2.05) is 24.4 Å². The second-order valence-electron chi connectivity index (χ2n) is 2.14. The number of benzene rings is 1. The average molecular weight is 210 g/mol. The number of hydrogen-bond donors (Lipinski definition) is 3. The summed E-state index contributed by atoms with van der Waals surface area (Å²) in [7, 11) is 4.50. The monoisotopic (exact) mass is 210 g/mol. The smallest absolute Gasteiger partial charge is 0.0661 e. The first-order chi connectivity index (χ1) is 7.47. The molecule has 2 rings (SSSR count). The Hall–Kier alpha value is -1.23. The molecular weight excluding hydrogens is 188 g/mol. The maximum absolute atomic E-state index is 4.50. The third-order valence-corrected chi connectivity index (χ3v) is 1.53. The van der Waals surface area contributed by atoms with Gasteiger partial charge in [0.25, 0.3) is 0 Å². The topological polar surface area (TPSA) is 90.4 Å². The number of nitrogens with zero attached hydrogens (tertiary/aromatic N) is 1. The fourth-order valence-electron chi connectivity index (χ4n) is 1.05. The Morgan fingerprint density at radius 1 is 0.933 bits per heavy atom. The predicted octanol–water partition coefficient (Wildman–Crippen LogP) is 0.670. The minimum atomic E-state index is 1.01. The second-order valence-corrected chi connectivity index (χ2v) is 2.14. The van der Waals surface area contributed by atoms with Crippen molar-refractivity contribution < 1.29 is 0 Å². The molecule has 1 heterocycles. The van der Waals surface area contributed by atoms with Gasteiger partial charge in [0.1, 0.15) is 0 Å². The minimum absolute atomic E-state index is 1.01. The fourth-order valence-corrected chi connectivity index (χ4v) is 1.05. The van der Waals surface area contributed by atoms with Crippen LogP contribution in [0.5, 0.6) is 0 Å². The number of fused-ring (bicyclic) bond motifs is 1. The van der Waals surface area contributed by atoms with E-state index in [-0.39, 0.29) is 0 Å². The molecule has 0 bridgehead atoms. The van der Waals surface area contributed by atoms with Crippen LogP contribution in [0.25, 0.3) is 0 Å². The molecule has 4 heteroatoms. The first-order valence-corrected chi connectivity index (χ1v) is 4.80. The van der Waals surface area contributed by atoms with Gasteiger partial charge in [0.2, 0.25) is 0 Å². The van der Waals surface area contributed by atoms with Crippen LogP contribution in [-0.2, 0) is 6.42 Å². The second kappa shape index (κ2) is 12.8. The summed E-state index contributed by atoms with van der Waals surface area (Å²) in [5.41, 5.74) is 16.0. The zero-order valence-electron chi connectivity index (χ0n) is 9.77. The van der Waals surface area contributed by atoms with Crippen molar-refractivity contribution >= 4 is 11.9 Å². The van der Waals surface area contributed by atoms with E-state index in [4.69, 9.17) is 0 Å². The van der Waals surface area contributed by atoms with Crippen molar-refractivity contribution in [3.8, 4) is 0 Å². The lowest BCUT2D eigenvalue weighted by Gasteiger charge is -1.91. The minimum Gasteiger partial charge on any atom is -0.333 e. The SMILES string of the molecule is C1=Nc2ccccc2C1.CN.CN.CN. The van der Waals surface area contributed by atoms with E-state index in [0.717, 1.165) is 12.1 Å². The van der Waals surface area contributed by atoms with Crippen molar-refractivity contribution in [3.63, 3.8) is 0 Å². The highest BCUT2D eigenvalue weighted by Crippen LogP contribution is 2.22. The molecule has 1 aliphatic heterocycles. The number of hydrogen-bond acceptors (Lipinski definition) is 4. The van der Waals surface area contributed by atoms with E-state index >= 15 is 0 Å². The Labute approximate surface area is 92.2 Å². The van der Waals surface area contributed by atoms with Crippen LogP contribution in [0.4, 0.5) is 5.69 Å². The molecular formula is C11H22N4. The third kappa shape index (κ3) is 5.96. The van der Waals surface area contributed by atoms with Gasteiger partial charge >= 0.3 is 0 Å². The molecule has 6 N–H and O–H groups in total. The number of nitrogens with two attached hydrogens (primary N) is 3. The Balaban J connectivity index is 0. The Kier molecular flexibility index (Phi) is 13.8. The summed E-state index contributed by atoms with van der Waals surface area (Å²) in [4.78, 5) is 4.17.